The average molecular weight is 380 g/mol. The fourth-order valence-corrected chi connectivity index (χ4v) is 4.09. The van der Waals surface area contributed by atoms with E-state index in [0.717, 1.165) is 31.6 Å². The summed E-state index contributed by atoms with van der Waals surface area (Å²) in [7, 11) is 0. The normalized spacial score (nSPS) is 11.3. The molecule has 2 heterocycles. The summed E-state index contributed by atoms with van der Waals surface area (Å²) < 4.78 is 16.8. The summed E-state index contributed by atoms with van der Waals surface area (Å²) in [6.45, 7) is 2.37. The largest absolute Gasteiger partial charge is 0.508 e. The first kappa shape index (κ1) is 17.8. The van der Waals surface area contributed by atoms with Crippen LogP contribution in [0.15, 0.2) is 66.0 Å². The number of hydrogen-bond acceptors (Lipinski definition) is 3. The number of aromatic hydroxyl groups is 1. The zero-order chi connectivity index (χ0) is 18.6. The van der Waals surface area contributed by atoms with Gasteiger partial charge in [0.15, 0.2) is 0 Å². The number of fused-ring (bicyclic) bond motifs is 1. The highest BCUT2D eigenvalue weighted by atomic mass is 32.1. The molecule has 2 N–H and O–H groups in total. The SMILES string of the molecule is Oc1ccc(CCNCc2cc3sccc3n2Cc2ccc(F)cc2)cc1. The van der Waals surface area contributed by atoms with Crippen LogP contribution >= 0.6 is 11.3 Å². The molecule has 2 aromatic carbocycles. The Morgan fingerprint density at radius 1 is 0.963 bits per heavy atom. The van der Waals surface area contributed by atoms with Crippen molar-refractivity contribution in [3.63, 3.8) is 0 Å². The second-order valence-corrected chi connectivity index (χ2v) is 7.56. The molecule has 0 unspecified atom stereocenters. The van der Waals surface area contributed by atoms with Gasteiger partial charge in [-0.05, 0) is 65.9 Å². The van der Waals surface area contributed by atoms with Crippen LogP contribution < -0.4 is 5.32 Å². The van der Waals surface area contributed by atoms with Crippen LogP contribution in [0.3, 0.4) is 0 Å². The molecule has 2 aromatic heterocycles. The maximum Gasteiger partial charge on any atom is 0.123 e. The summed E-state index contributed by atoms with van der Waals surface area (Å²) in [4.78, 5) is 0. The van der Waals surface area contributed by atoms with Crippen LogP contribution in [0.5, 0.6) is 5.75 Å². The van der Waals surface area contributed by atoms with E-state index in [0.29, 0.717) is 5.75 Å². The van der Waals surface area contributed by atoms with Gasteiger partial charge < -0.3 is 15.0 Å². The van der Waals surface area contributed by atoms with Gasteiger partial charge in [0.2, 0.25) is 0 Å². The average Bonchev–Trinajstić information content (AvgIpc) is 3.25. The fourth-order valence-electron chi connectivity index (χ4n) is 3.25. The molecule has 0 saturated heterocycles. The minimum Gasteiger partial charge on any atom is -0.508 e. The molecule has 0 atom stereocenters. The van der Waals surface area contributed by atoms with Crippen molar-refractivity contribution in [2.24, 2.45) is 0 Å². The van der Waals surface area contributed by atoms with Crippen LogP contribution in [0.1, 0.15) is 16.8 Å². The summed E-state index contributed by atoms with van der Waals surface area (Å²) in [5.74, 6) is 0.0912. The molecule has 3 nitrogen and oxygen atoms in total. The van der Waals surface area contributed by atoms with Crippen molar-refractivity contribution < 1.29 is 9.50 Å². The second-order valence-electron chi connectivity index (χ2n) is 6.61. The van der Waals surface area contributed by atoms with Gasteiger partial charge >= 0.3 is 0 Å². The Bertz CT molecular complexity index is 1020. The minimum absolute atomic E-state index is 0.206. The van der Waals surface area contributed by atoms with Gasteiger partial charge in [0.25, 0.3) is 0 Å². The Labute approximate surface area is 161 Å². The zero-order valence-corrected chi connectivity index (χ0v) is 15.7. The molecule has 27 heavy (non-hydrogen) atoms. The van der Waals surface area contributed by atoms with Crippen molar-refractivity contribution in [2.45, 2.75) is 19.5 Å². The first-order chi connectivity index (χ1) is 13.2. The van der Waals surface area contributed by atoms with E-state index in [-0.39, 0.29) is 5.82 Å². The predicted molar refractivity (Wildman–Crippen MR) is 109 cm³/mol. The summed E-state index contributed by atoms with van der Waals surface area (Å²) in [6.07, 6.45) is 0.910. The number of rotatable bonds is 7. The number of nitrogens with one attached hydrogen (secondary N) is 1. The standard InChI is InChI=1S/C22H21FN2OS/c23-18-5-1-17(2-6-18)15-25-19(13-22-21(25)10-12-27-22)14-24-11-9-16-3-7-20(26)8-4-16/h1-8,10,12-13,24,26H,9,11,14-15H2. The lowest BCUT2D eigenvalue weighted by Crippen LogP contribution is -2.19. The Morgan fingerprint density at radius 3 is 2.48 bits per heavy atom. The minimum atomic E-state index is -0.206. The molecule has 0 amide bonds. The summed E-state index contributed by atoms with van der Waals surface area (Å²) in [6, 6.07) is 18.4. The van der Waals surface area contributed by atoms with Gasteiger partial charge in [-0.2, -0.15) is 0 Å². The number of nitrogens with zero attached hydrogens (tertiary/aromatic N) is 1. The number of phenols is 1. The highest BCUT2D eigenvalue weighted by molar-refractivity contribution is 7.17. The quantitative estimate of drug-likeness (QED) is 0.446. The third-order valence-corrected chi connectivity index (χ3v) is 5.55. The number of phenolic OH excluding ortho intramolecular Hbond substituents is 1. The second kappa shape index (κ2) is 7.94. The van der Waals surface area contributed by atoms with Crippen molar-refractivity contribution in [1.29, 1.82) is 0 Å². The van der Waals surface area contributed by atoms with E-state index in [1.165, 1.54) is 33.6 Å². The lowest BCUT2D eigenvalue weighted by atomic mass is 10.1. The van der Waals surface area contributed by atoms with Crippen LogP contribution in [-0.4, -0.2) is 16.2 Å². The molecule has 0 bridgehead atoms. The number of hydrogen-bond donors (Lipinski definition) is 2. The molecule has 4 rings (SSSR count). The molecule has 4 aromatic rings. The smallest absolute Gasteiger partial charge is 0.123 e. The molecule has 0 aliphatic rings. The Kier molecular flexibility index (Phi) is 5.23. The molecule has 0 fully saturated rings. The predicted octanol–water partition coefficient (Wildman–Crippen LogP) is 4.93. The first-order valence-electron chi connectivity index (χ1n) is 8.98. The van der Waals surface area contributed by atoms with Gasteiger partial charge in [0.1, 0.15) is 11.6 Å². The van der Waals surface area contributed by atoms with Crippen molar-refractivity contribution in [2.75, 3.05) is 6.54 Å². The van der Waals surface area contributed by atoms with Crippen LogP contribution in [0, 0.1) is 5.82 Å². The van der Waals surface area contributed by atoms with Crippen molar-refractivity contribution in [1.82, 2.24) is 9.88 Å². The molecular weight excluding hydrogens is 359 g/mol. The monoisotopic (exact) mass is 380 g/mol. The van der Waals surface area contributed by atoms with Gasteiger partial charge in [0.05, 0.1) is 10.2 Å². The fraction of sp³-hybridized carbons (Fsp3) is 0.182. The molecule has 0 aliphatic heterocycles. The van der Waals surface area contributed by atoms with Gasteiger partial charge in [-0.1, -0.05) is 24.3 Å². The highest BCUT2D eigenvalue weighted by Crippen LogP contribution is 2.26. The van der Waals surface area contributed by atoms with Crippen molar-refractivity contribution in [3.05, 3.63) is 88.7 Å². The Balaban J connectivity index is 1.44. The van der Waals surface area contributed by atoms with Crippen molar-refractivity contribution >= 4 is 21.6 Å². The number of thiophene rings is 1. The first-order valence-corrected chi connectivity index (χ1v) is 9.86. The lowest BCUT2D eigenvalue weighted by molar-refractivity contribution is 0.475. The molecule has 0 aliphatic carbocycles. The Hall–Kier alpha value is -2.63. The highest BCUT2D eigenvalue weighted by Gasteiger charge is 2.10. The van der Waals surface area contributed by atoms with Gasteiger partial charge in [-0.15, -0.1) is 11.3 Å². The summed E-state index contributed by atoms with van der Waals surface area (Å²) in [5.41, 5.74) is 4.74. The van der Waals surface area contributed by atoms with E-state index in [1.807, 2.05) is 24.3 Å². The van der Waals surface area contributed by atoms with Gasteiger partial charge in [-0.25, -0.2) is 4.39 Å². The van der Waals surface area contributed by atoms with E-state index >= 15 is 0 Å². The zero-order valence-electron chi connectivity index (χ0n) is 14.9. The topological polar surface area (TPSA) is 37.2 Å². The number of halogens is 1. The molecule has 0 spiro atoms. The number of benzene rings is 2. The van der Waals surface area contributed by atoms with Gasteiger partial charge in [-0.3, -0.25) is 0 Å². The van der Waals surface area contributed by atoms with Crippen LogP contribution in [0.25, 0.3) is 10.2 Å². The molecule has 0 radical (unpaired) electrons. The molecule has 5 heteroatoms. The van der Waals surface area contributed by atoms with E-state index in [2.05, 4.69) is 27.4 Å². The lowest BCUT2D eigenvalue weighted by Gasteiger charge is -2.12. The van der Waals surface area contributed by atoms with Crippen LogP contribution in [0.4, 0.5) is 4.39 Å². The van der Waals surface area contributed by atoms with Crippen LogP contribution in [-0.2, 0) is 19.5 Å². The van der Waals surface area contributed by atoms with E-state index < -0.39 is 0 Å². The maximum atomic E-state index is 13.2. The summed E-state index contributed by atoms with van der Waals surface area (Å²) >= 11 is 1.74. The molecule has 0 saturated carbocycles. The molecular formula is C22H21FN2OS. The Morgan fingerprint density at radius 2 is 1.70 bits per heavy atom. The van der Waals surface area contributed by atoms with E-state index in [9.17, 15) is 9.50 Å². The molecule has 138 valence electrons. The van der Waals surface area contributed by atoms with Crippen LogP contribution in [0.2, 0.25) is 0 Å². The van der Waals surface area contributed by atoms with Crippen molar-refractivity contribution in [3.8, 4) is 5.75 Å². The maximum absolute atomic E-state index is 13.2. The van der Waals surface area contributed by atoms with E-state index in [1.54, 1.807) is 23.5 Å². The number of aromatic nitrogens is 1. The van der Waals surface area contributed by atoms with Gasteiger partial charge in [0, 0.05) is 18.8 Å². The summed E-state index contributed by atoms with van der Waals surface area (Å²) in [5, 5.41) is 15.0. The third-order valence-electron chi connectivity index (χ3n) is 4.70. The third kappa shape index (κ3) is 4.21. The van der Waals surface area contributed by atoms with E-state index in [4.69, 9.17) is 0 Å².